The van der Waals surface area contributed by atoms with Crippen LogP contribution in [0.5, 0.6) is 11.6 Å². The second kappa shape index (κ2) is 7.98. The third-order valence-corrected chi connectivity index (χ3v) is 4.61. The van der Waals surface area contributed by atoms with E-state index in [1.807, 2.05) is 24.3 Å². The third kappa shape index (κ3) is 3.60. The normalized spacial score (nSPS) is 11.2. The van der Waals surface area contributed by atoms with Crippen LogP contribution in [0.15, 0.2) is 82.7 Å². The number of hydrogen-bond acceptors (Lipinski definition) is 5. The molecule has 4 rings (SSSR count). The van der Waals surface area contributed by atoms with E-state index >= 15 is 0 Å². The number of rotatable bonds is 5. The summed E-state index contributed by atoms with van der Waals surface area (Å²) in [5.74, 6) is 0.416. The predicted molar refractivity (Wildman–Crippen MR) is 113 cm³/mol. The number of aromatic hydroxyl groups is 1. The number of hydrogen-bond donors (Lipinski definition) is 1. The summed E-state index contributed by atoms with van der Waals surface area (Å²) in [5.41, 5.74) is 1.48. The van der Waals surface area contributed by atoms with Crippen LogP contribution in [0, 0.1) is 0 Å². The van der Waals surface area contributed by atoms with Crippen LogP contribution >= 0.6 is 0 Å². The molecule has 0 unspecified atom stereocenters. The van der Waals surface area contributed by atoms with Crippen LogP contribution in [-0.2, 0) is 6.54 Å². The molecule has 0 spiro atoms. The first-order valence-corrected chi connectivity index (χ1v) is 9.10. The first-order valence-electron chi connectivity index (χ1n) is 9.10. The highest BCUT2D eigenvalue weighted by Gasteiger charge is 2.16. The van der Waals surface area contributed by atoms with Gasteiger partial charge in [0.15, 0.2) is 0 Å². The van der Waals surface area contributed by atoms with Gasteiger partial charge in [-0.3, -0.25) is 14.8 Å². The van der Waals surface area contributed by atoms with E-state index in [2.05, 4.69) is 9.98 Å². The maximum atomic E-state index is 13.1. The van der Waals surface area contributed by atoms with Gasteiger partial charge in [-0.2, -0.15) is 0 Å². The highest BCUT2D eigenvalue weighted by Crippen LogP contribution is 2.27. The smallest absolute Gasteiger partial charge is 0.265 e. The van der Waals surface area contributed by atoms with E-state index in [0.29, 0.717) is 34.3 Å². The van der Waals surface area contributed by atoms with Crippen LogP contribution < -0.4 is 10.3 Å². The molecule has 0 atom stereocenters. The zero-order chi connectivity index (χ0) is 20.2. The fraction of sp³-hybridized carbons (Fsp3) is 0.0870. The van der Waals surface area contributed by atoms with Crippen LogP contribution in [0.25, 0.3) is 16.5 Å². The Labute approximate surface area is 167 Å². The number of pyridine rings is 2. The molecule has 4 aromatic rings. The summed E-state index contributed by atoms with van der Waals surface area (Å²) >= 11 is 0. The molecule has 0 fully saturated rings. The van der Waals surface area contributed by atoms with Gasteiger partial charge in [-0.25, -0.2) is 4.57 Å². The fourth-order valence-electron chi connectivity index (χ4n) is 3.20. The van der Waals surface area contributed by atoms with Crippen LogP contribution in [0.2, 0.25) is 0 Å². The Kier molecular flexibility index (Phi) is 5.07. The van der Waals surface area contributed by atoms with Gasteiger partial charge >= 0.3 is 0 Å². The molecular weight excluding hydrogens is 366 g/mol. The molecule has 144 valence electrons. The van der Waals surface area contributed by atoms with Crippen molar-refractivity contribution in [3.63, 3.8) is 0 Å². The number of ether oxygens (including phenoxy) is 1. The fourth-order valence-corrected chi connectivity index (χ4v) is 3.20. The van der Waals surface area contributed by atoms with Crippen LogP contribution in [0.1, 0.15) is 11.3 Å². The minimum Gasteiger partial charge on any atom is -0.497 e. The summed E-state index contributed by atoms with van der Waals surface area (Å²) in [5, 5.41) is 12.1. The number of aliphatic imine (C=N–C) groups is 1. The summed E-state index contributed by atoms with van der Waals surface area (Å²) in [6, 6.07) is 19.8. The minimum absolute atomic E-state index is 0.174. The number of fused-ring (bicyclic) bond motifs is 1. The van der Waals surface area contributed by atoms with Crippen molar-refractivity contribution in [1.29, 1.82) is 0 Å². The lowest BCUT2D eigenvalue weighted by molar-refractivity contribution is 0.413. The molecule has 6 nitrogen and oxygen atoms in total. The van der Waals surface area contributed by atoms with Gasteiger partial charge in [0.1, 0.15) is 5.75 Å². The molecule has 0 radical (unpaired) electrons. The molecule has 0 saturated heterocycles. The molecule has 29 heavy (non-hydrogen) atoms. The topological polar surface area (TPSA) is 76.7 Å². The summed E-state index contributed by atoms with van der Waals surface area (Å²) < 4.78 is 6.53. The molecule has 0 amide bonds. The lowest BCUT2D eigenvalue weighted by Gasteiger charge is -2.14. The van der Waals surface area contributed by atoms with Crippen molar-refractivity contribution in [2.24, 2.45) is 4.99 Å². The van der Waals surface area contributed by atoms with Crippen LogP contribution in [0.3, 0.4) is 0 Å². The van der Waals surface area contributed by atoms with Crippen molar-refractivity contribution >= 4 is 17.0 Å². The van der Waals surface area contributed by atoms with Crippen molar-refractivity contribution in [1.82, 2.24) is 9.55 Å². The summed E-state index contributed by atoms with van der Waals surface area (Å²) in [4.78, 5) is 21.8. The quantitative estimate of drug-likeness (QED) is 0.531. The van der Waals surface area contributed by atoms with Gasteiger partial charge in [-0.05, 0) is 30.3 Å². The molecule has 2 aromatic carbocycles. The van der Waals surface area contributed by atoms with Gasteiger partial charge in [-0.1, -0.05) is 30.3 Å². The van der Waals surface area contributed by atoms with Crippen molar-refractivity contribution < 1.29 is 9.84 Å². The highest BCUT2D eigenvalue weighted by atomic mass is 16.5. The Hall–Kier alpha value is -3.93. The SMILES string of the molecule is COc1cccc(-n2c(O)c(C=NCc3ccccn3)c3ccccc3c2=O)c1. The lowest BCUT2D eigenvalue weighted by atomic mass is 10.1. The highest BCUT2D eigenvalue weighted by molar-refractivity contribution is 6.01. The van der Waals surface area contributed by atoms with Crippen molar-refractivity contribution in [2.75, 3.05) is 7.11 Å². The van der Waals surface area contributed by atoms with E-state index in [1.54, 1.807) is 62.0 Å². The number of methoxy groups -OCH3 is 1. The van der Waals surface area contributed by atoms with Gasteiger partial charge in [0.2, 0.25) is 5.88 Å². The minimum atomic E-state index is -0.312. The average molecular weight is 385 g/mol. The van der Waals surface area contributed by atoms with E-state index in [0.717, 1.165) is 5.69 Å². The number of aromatic nitrogens is 2. The van der Waals surface area contributed by atoms with Gasteiger partial charge in [0.05, 0.1) is 30.6 Å². The van der Waals surface area contributed by atoms with E-state index in [4.69, 9.17) is 4.74 Å². The molecule has 2 heterocycles. The lowest BCUT2D eigenvalue weighted by Crippen LogP contribution is -2.20. The monoisotopic (exact) mass is 385 g/mol. The Morgan fingerprint density at radius 2 is 1.86 bits per heavy atom. The third-order valence-electron chi connectivity index (χ3n) is 4.61. The summed E-state index contributed by atoms with van der Waals surface area (Å²) in [7, 11) is 1.55. The molecule has 0 aliphatic rings. The number of nitrogens with zero attached hydrogens (tertiary/aromatic N) is 3. The summed E-state index contributed by atoms with van der Waals surface area (Å²) in [6.45, 7) is 0.368. The Bertz CT molecular complexity index is 1250. The van der Waals surface area contributed by atoms with Crippen LogP contribution in [0.4, 0.5) is 0 Å². The molecule has 0 saturated carbocycles. The Morgan fingerprint density at radius 1 is 1.07 bits per heavy atom. The van der Waals surface area contributed by atoms with E-state index in [-0.39, 0.29) is 11.4 Å². The molecular formula is C23H19N3O3. The number of benzene rings is 2. The second-order valence-corrected chi connectivity index (χ2v) is 6.42. The average Bonchev–Trinajstić information content (AvgIpc) is 2.77. The zero-order valence-corrected chi connectivity index (χ0v) is 15.8. The van der Waals surface area contributed by atoms with E-state index in [9.17, 15) is 9.90 Å². The maximum absolute atomic E-state index is 13.1. The predicted octanol–water partition coefficient (Wildman–Crippen LogP) is 3.72. The first kappa shape index (κ1) is 18.4. The molecule has 1 N–H and O–H groups in total. The second-order valence-electron chi connectivity index (χ2n) is 6.42. The maximum Gasteiger partial charge on any atom is 0.265 e. The molecule has 2 aromatic heterocycles. The summed E-state index contributed by atoms with van der Waals surface area (Å²) in [6.07, 6.45) is 3.29. The first-order chi connectivity index (χ1) is 14.2. The Balaban J connectivity index is 1.88. The van der Waals surface area contributed by atoms with Gasteiger partial charge in [0.25, 0.3) is 5.56 Å². The molecule has 6 heteroatoms. The van der Waals surface area contributed by atoms with Crippen molar-refractivity contribution in [2.45, 2.75) is 6.54 Å². The largest absolute Gasteiger partial charge is 0.497 e. The van der Waals surface area contributed by atoms with Gasteiger partial charge in [-0.15, -0.1) is 0 Å². The van der Waals surface area contributed by atoms with E-state index in [1.165, 1.54) is 4.57 Å². The van der Waals surface area contributed by atoms with E-state index < -0.39 is 0 Å². The van der Waals surface area contributed by atoms with Crippen LogP contribution in [-0.4, -0.2) is 28.0 Å². The van der Waals surface area contributed by atoms with Crippen molar-refractivity contribution in [3.05, 3.63) is 94.5 Å². The van der Waals surface area contributed by atoms with Crippen molar-refractivity contribution in [3.8, 4) is 17.3 Å². The standard InChI is InChI=1S/C23H19N3O3/c1-29-18-9-6-8-17(13-18)26-22(27)20-11-3-2-10-19(20)21(23(26)28)15-24-14-16-7-4-5-12-25-16/h2-13,15,28H,14H2,1H3. The molecule has 0 aliphatic carbocycles. The zero-order valence-electron chi connectivity index (χ0n) is 15.8. The van der Waals surface area contributed by atoms with Gasteiger partial charge in [0, 0.05) is 29.3 Å². The molecule has 0 bridgehead atoms. The molecule has 0 aliphatic heterocycles. The van der Waals surface area contributed by atoms with Gasteiger partial charge < -0.3 is 9.84 Å². The Morgan fingerprint density at radius 3 is 2.62 bits per heavy atom.